The normalized spacial score (nSPS) is 20.3. The van der Waals surface area contributed by atoms with Gasteiger partial charge >= 0.3 is 5.69 Å². The van der Waals surface area contributed by atoms with Crippen molar-refractivity contribution in [1.82, 2.24) is 24.6 Å². The van der Waals surface area contributed by atoms with Gasteiger partial charge in [-0.3, -0.25) is 19.8 Å². The van der Waals surface area contributed by atoms with Crippen molar-refractivity contribution in [1.29, 1.82) is 0 Å². The Kier molecular flexibility index (Phi) is 12.6. The number of amides is 1. The lowest BCUT2D eigenvalue weighted by atomic mass is 9.59. The van der Waals surface area contributed by atoms with E-state index in [-0.39, 0.29) is 45.1 Å². The molecule has 5 aromatic rings. The SMILES string of the molecule is CC(C)c1ccccc1[C@H]1COCCN1C1CC2(CCN(c3ccc(C(=O)NS(=O)(=O)c4cnc(NCC5CCC(C)(C)CC5)c([N+](=O)[O-])c4)c(Oc4cnc5[nH]cc(F)c5c4)c3)CC2)C1. The average Bonchev–Trinajstić information content (AvgIpc) is 3.66. The number of morpholine rings is 1. The van der Waals surface area contributed by atoms with Gasteiger partial charge in [0.2, 0.25) is 5.82 Å². The number of ether oxygens (including phenoxy) is 2. The first-order chi connectivity index (χ1) is 31.6. The first-order valence-corrected chi connectivity index (χ1v) is 24.6. The number of piperidine rings is 1. The zero-order valence-electron chi connectivity index (χ0n) is 38.0. The van der Waals surface area contributed by atoms with Crippen molar-refractivity contribution in [3.05, 3.63) is 106 Å². The third-order valence-corrected chi connectivity index (χ3v) is 15.9. The number of sulfonamides is 1. The Balaban J connectivity index is 0.907. The highest BCUT2D eigenvalue weighted by Gasteiger charge is 2.50. The molecule has 2 aliphatic heterocycles. The van der Waals surface area contributed by atoms with Crippen molar-refractivity contribution >= 4 is 44.2 Å². The summed E-state index contributed by atoms with van der Waals surface area (Å²) in [6.45, 7) is 13.3. The number of H-pyrrole nitrogens is 1. The monoisotopic (exact) mass is 922 g/mol. The molecule has 4 aliphatic rings. The zero-order valence-corrected chi connectivity index (χ0v) is 38.8. The molecule has 0 unspecified atom stereocenters. The Morgan fingerprint density at radius 2 is 1.79 bits per heavy atom. The molecule has 3 aromatic heterocycles. The molecule has 66 heavy (non-hydrogen) atoms. The lowest BCUT2D eigenvalue weighted by molar-refractivity contribution is -0.384. The molecule has 0 radical (unpaired) electrons. The number of carbonyl (C=O) groups excluding carboxylic acids is 1. The highest BCUT2D eigenvalue weighted by molar-refractivity contribution is 7.90. The minimum atomic E-state index is -4.66. The third kappa shape index (κ3) is 9.47. The van der Waals surface area contributed by atoms with Crippen LogP contribution >= 0.6 is 0 Å². The maximum Gasteiger partial charge on any atom is 0.312 e. The van der Waals surface area contributed by atoms with Crippen LogP contribution in [0.5, 0.6) is 11.5 Å². The summed E-state index contributed by atoms with van der Waals surface area (Å²) >= 11 is 0. The quantitative estimate of drug-likeness (QED) is 0.0752. The van der Waals surface area contributed by atoms with E-state index in [1.54, 1.807) is 12.1 Å². The molecule has 2 aliphatic carbocycles. The largest absolute Gasteiger partial charge is 0.455 e. The van der Waals surface area contributed by atoms with E-state index >= 15 is 0 Å². The van der Waals surface area contributed by atoms with E-state index in [9.17, 15) is 27.7 Å². The fourth-order valence-electron chi connectivity index (χ4n) is 10.6. The zero-order chi connectivity index (χ0) is 46.4. The fraction of sp³-hybridized carbons (Fsp3) is 0.490. The van der Waals surface area contributed by atoms with Crippen LogP contribution in [-0.4, -0.2) is 84.5 Å². The number of anilines is 2. The van der Waals surface area contributed by atoms with E-state index in [0.717, 1.165) is 95.6 Å². The summed E-state index contributed by atoms with van der Waals surface area (Å²) in [5.41, 5.74) is 3.66. The topological polar surface area (TPSA) is 185 Å². The van der Waals surface area contributed by atoms with E-state index in [0.29, 0.717) is 36.7 Å². The van der Waals surface area contributed by atoms with Crippen LogP contribution in [0, 0.1) is 32.7 Å². The van der Waals surface area contributed by atoms with E-state index in [1.165, 1.54) is 35.7 Å². The van der Waals surface area contributed by atoms with Gasteiger partial charge in [-0.25, -0.2) is 27.5 Å². The van der Waals surface area contributed by atoms with Crippen LogP contribution in [0.25, 0.3) is 11.0 Å². The van der Waals surface area contributed by atoms with Crippen molar-refractivity contribution < 1.29 is 32.0 Å². The molecule has 15 nitrogen and oxygen atoms in total. The number of benzene rings is 2. The van der Waals surface area contributed by atoms with Crippen LogP contribution in [0.2, 0.25) is 0 Å². The molecule has 3 N–H and O–H groups in total. The first-order valence-electron chi connectivity index (χ1n) is 23.1. The molecule has 1 atom stereocenters. The summed E-state index contributed by atoms with van der Waals surface area (Å²) in [7, 11) is -4.66. The standard InChI is InChI=1S/C49H59FN8O7S/c1-31(2)37-7-5-6-8-38(37)43-30-64-20-19-57(43)34-24-49(25-34)15-17-56(18-16-49)33-9-10-39(44(21-33)65-35-22-40-41(50)29-54-45(40)52-27-35)47(59)55-66(62,63)36-23-42(58(60)61)46(53-28-36)51-26-32-11-13-48(3,4)14-12-32/h5-10,21-23,27-29,31-32,34,43H,11-20,24-26,30H2,1-4H3,(H,51,53)(H,52,54)(H,55,59)/t43-/m1/s1. The van der Waals surface area contributed by atoms with Crippen molar-refractivity contribution in [3.63, 3.8) is 0 Å². The number of hydrogen-bond donors (Lipinski definition) is 3. The van der Waals surface area contributed by atoms with Crippen molar-refractivity contribution in [3.8, 4) is 11.5 Å². The predicted molar refractivity (Wildman–Crippen MR) is 250 cm³/mol. The van der Waals surface area contributed by atoms with Crippen LogP contribution in [-0.2, 0) is 14.8 Å². The first kappa shape index (κ1) is 45.5. The van der Waals surface area contributed by atoms with Gasteiger partial charge in [-0.15, -0.1) is 0 Å². The summed E-state index contributed by atoms with van der Waals surface area (Å²) in [5, 5.41) is 15.4. The van der Waals surface area contributed by atoms with Gasteiger partial charge in [-0.05, 0) is 103 Å². The van der Waals surface area contributed by atoms with Crippen LogP contribution < -0.4 is 19.7 Å². The maximum atomic E-state index is 14.6. The number of nitro groups is 1. The van der Waals surface area contributed by atoms with E-state index < -0.39 is 37.3 Å². The summed E-state index contributed by atoms with van der Waals surface area (Å²) < 4.78 is 56.4. The molecule has 2 saturated carbocycles. The highest BCUT2D eigenvalue weighted by Crippen LogP contribution is 2.53. The van der Waals surface area contributed by atoms with Crippen LogP contribution in [0.4, 0.5) is 21.6 Å². The highest BCUT2D eigenvalue weighted by atomic mass is 32.2. The molecule has 1 amide bonds. The smallest absolute Gasteiger partial charge is 0.312 e. The van der Waals surface area contributed by atoms with Gasteiger partial charge in [-0.2, -0.15) is 0 Å². The molecule has 9 rings (SSSR count). The second-order valence-electron chi connectivity index (χ2n) is 19.9. The predicted octanol–water partition coefficient (Wildman–Crippen LogP) is 9.49. The van der Waals surface area contributed by atoms with Crippen molar-refractivity contribution in [2.24, 2.45) is 16.7 Å². The van der Waals surface area contributed by atoms with Crippen LogP contribution in [0.15, 0.2) is 78.1 Å². The Morgan fingerprint density at radius 3 is 2.53 bits per heavy atom. The summed E-state index contributed by atoms with van der Waals surface area (Å²) in [5.74, 6) is -0.723. The molecule has 0 bridgehead atoms. The summed E-state index contributed by atoms with van der Waals surface area (Å²) in [6.07, 6.45) is 11.8. The Hall–Kier alpha value is -5.65. The van der Waals surface area contributed by atoms with Gasteiger partial charge in [-0.1, -0.05) is 52.0 Å². The number of nitrogens with one attached hydrogen (secondary N) is 3. The molecular formula is C49H59FN8O7S. The van der Waals surface area contributed by atoms with Crippen LogP contribution in [0.3, 0.4) is 0 Å². The number of aromatic nitrogens is 3. The molecule has 4 fully saturated rings. The Labute approximate surface area is 385 Å². The van der Waals surface area contributed by atoms with Gasteiger partial charge < -0.3 is 24.7 Å². The molecule has 5 heterocycles. The second-order valence-corrected chi connectivity index (χ2v) is 21.5. The second kappa shape index (κ2) is 18.2. The van der Waals surface area contributed by atoms with Gasteiger partial charge in [0.05, 0.1) is 47.5 Å². The number of aromatic amines is 1. The number of hydrogen-bond acceptors (Lipinski definition) is 12. The lowest BCUT2D eigenvalue weighted by Gasteiger charge is -2.57. The minimum Gasteiger partial charge on any atom is -0.455 e. The summed E-state index contributed by atoms with van der Waals surface area (Å²) in [4.78, 5) is 41.0. The van der Waals surface area contributed by atoms with Gasteiger partial charge in [0, 0.05) is 56.2 Å². The molecule has 350 valence electrons. The molecule has 2 aromatic carbocycles. The maximum absolute atomic E-state index is 14.6. The van der Waals surface area contributed by atoms with Gasteiger partial charge in [0.25, 0.3) is 15.9 Å². The molecule has 17 heteroatoms. The number of halogens is 1. The van der Waals surface area contributed by atoms with E-state index in [1.807, 2.05) is 0 Å². The number of nitrogens with zero attached hydrogens (tertiary/aromatic N) is 5. The molecular weight excluding hydrogens is 864 g/mol. The third-order valence-electron chi connectivity index (χ3n) is 14.6. The summed E-state index contributed by atoms with van der Waals surface area (Å²) in [6, 6.07) is 16.7. The van der Waals surface area contributed by atoms with E-state index in [2.05, 4.69) is 86.8 Å². The molecule has 2 saturated heterocycles. The average molecular weight is 923 g/mol. The minimum absolute atomic E-state index is 0.0241. The van der Waals surface area contributed by atoms with E-state index in [4.69, 9.17) is 9.47 Å². The van der Waals surface area contributed by atoms with Gasteiger partial charge in [0.15, 0.2) is 0 Å². The molecule has 1 spiro atoms. The Morgan fingerprint density at radius 1 is 1.03 bits per heavy atom. The van der Waals surface area contributed by atoms with Crippen molar-refractivity contribution in [2.45, 2.75) is 102 Å². The fourth-order valence-corrected chi connectivity index (χ4v) is 11.5. The van der Waals surface area contributed by atoms with Gasteiger partial charge in [0.1, 0.15) is 27.9 Å². The van der Waals surface area contributed by atoms with Crippen molar-refractivity contribution in [2.75, 3.05) is 49.6 Å². The number of carbonyl (C=O) groups is 1. The number of pyridine rings is 2. The van der Waals surface area contributed by atoms with Crippen LogP contribution in [0.1, 0.15) is 113 Å². The lowest BCUT2D eigenvalue weighted by Crippen LogP contribution is -2.58. The number of fused-ring (bicyclic) bond motifs is 1. The number of rotatable bonds is 13. The Bertz CT molecular complexity index is 2720.